The van der Waals surface area contributed by atoms with Crippen molar-refractivity contribution in [1.29, 1.82) is 0 Å². The molecule has 3 N–H and O–H groups in total. The molecule has 74 valence electrons. The summed E-state index contributed by atoms with van der Waals surface area (Å²) in [5.74, 6) is 0.0849. The highest BCUT2D eigenvalue weighted by atomic mass is 32.2. The molecule has 1 rings (SSSR count). The number of carbonyl (C=O) groups excluding carboxylic acids is 1. The van der Waals surface area contributed by atoms with Crippen molar-refractivity contribution < 1.29 is 14.7 Å². The Bertz CT molecular complexity index is 222. The van der Waals surface area contributed by atoms with Crippen LogP contribution >= 0.6 is 11.8 Å². The summed E-state index contributed by atoms with van der Waals surface area (Å²) in [4.78, 5) is 23.1. The van der Waals surface area contributed by atoms with E-state index in [1.165, 1.54) is 4.90 Å². The van der Waals surface area contributed by atoms with Crippen molar-refractivity contribution in [2.75, 3.05) is 24.6 Å². The molecular weight excluding hydrogens is 192 g/mol. The zero-order chi connectivity index (χ0) is 9.84. The van der Waals surface area contributed by atoms with Crippen LogP contribution in [0.5, 0.6) is 0 Å². The fourth-order valence-electron chi connectivity index (χ4n) is 1.12. The van der Waals surface area contributed by atoms with Gasteiger partial charge in [-0.2, -0.15) is 11.8 Å². The molecule has 1 atom stereocenters. The zero-order valence-corrected chi connectivity index (χ0v) is 7.92. The Hall–Kier alpha value is -0.750. The highest BCUT2D eigenvalue weighted by molar-refractivity contribution is 7.99. The summed E-state index contributed by atoms with van der Waals surface area (Å²) in [6, 6.07) is -0.549. The minimum absolute atomic E-state index is 0.243. The van der Waals surface area contributed by atoms with Crippen LogP contribution in [0.1, 0.15) is 0 Å². The van der Waals surface area contributed by atoms with Gasteiger partial charge in [-0.15, -0.1) is 0 Å². The van der Waals surface area contributed by atoms with Crippen molar-refractivity contribution >= 4 is 23.6 Å². The number of amides is 1. The van der Waals surface area contributed by atoms with Crippen molar-refractivity contribution in [3.8, 4) is 0 Å². The van der Waals surface area contributed by atoms with E-state index < -0.39 is 12.0 Å². The van der Waals surface area contributed by atoms with Crippen molar-refractivity contribution in [2.45, 2.75) is 6.04 Å². The Morgan fingerprint density at radius 2 is 2.46 bits per heavy atom. The number of thioether (sulfide) groups is 1. The molecular formula is C7H12N2O3S. The molecule has 0 bridgehead atoms. The monoisotopic (exact) mass is 204 g/mol. The van der Waals surface area contributed by atoms with Crippen molar-refractivity contribution in [3.63, 3.8) is 0 Å². The van der Waals surface area contributed by atoms with Gasteiger partial charge in [-0.05, 0) is 0 Å². The normalized spacial score (nSPS) is 24.2. The first-order chi connectivity index (χ1) is 6.11. The maximum atomic E-state index is 11.4. The van der Waals surface area contributed by atoms with Crippen LogP contribution in [0.4, 0.5) is 0 Å². The molecule has 1 heterocycles. The van der Waals surface area contributed by atoms with Gasteiger partial charge < -0.3 is 15.7 Å². The van der Waals surface area contributed by atoms with Gasteiger partial charge in [0.15, 0.2) is 0 Å². The van der Waals surface area contributed by atoms with E-state index in [0.29, 0.717) is 12.3 Å². The number of nitrogens with two attached hydrogens (primary N) is 1. The Morgan fingerprint density at radius 1 is 1.77 bits per heavy atom. The fraction of sp³-hybridized carbons (Fsp3) is 0.714. The lowest BCUT2D eigenvalue weighted by atomic mass is 10.3. The summed E-state index contributed by atoms with van der Waals surface area (Å²) in [6.07, 6.45) is 0. The van der Waals surface area contributed by atoms with Gasteiger partial charge >= 0.3 is 5.97 Å². The number of aliphatic carboxylic acids is 1. The third-order valence-electron chi connectivity index (χ3n) is 1.76. The number of carboxylic acid groups (broad SMARTS) is 1. The minimum Gasteiger partial charge on any atom is -0.480 e. The van der Waals surface area contributed by atoms with E-state index in [0.717, 1.165) is 5.75 Å². The molecule has 0 spiro atoms. The lowest BCUT2D eigenvalue weighted by Crippen LogP contribution is -2.45. The average molecular weight is 204 g/mol. The molecule has 0 saturated carbocycles. The lowest BCUT2D eigenvalue weighted by molar-refractivity contribution is -0.144. The zero-order valence-electron chi connectivity index (χ0n) is 7.10. The van der Waals surface area contributed by atoms with Crippen LogP contribution in [0.15, 0.2) is 0 Å². The topological polar surface area (TPSA) is 83.6 Å². The van der Waals surface area contributed by atoms with Crippen LogP contribution in [0.3, 0.4) is 0 Å². The number of nitrogens with zero attached hydrogens (tertiary/aromatic N) is 1. The SMILES string of the molecule is N[C@H]1CSCCN(CC(=O)O)C1=O. The second-order valence-corrected chi connectivity index (χ2v) is 3.98. The van der Waals surface area contributed by atoms with Gasteiger partial charge in [0.2, 0.25) is 5.91 Å². The predicted octanol–water partition coefficient (Wildman–Crippen LogP) is -1.03. The largest absolute Gasteiger partial charge is 0.480 e. The molecule has 1 saturated heterocycles. The number of hydrogen-bond acceptors (Lipinski definition) is 4. The molecule has 0 unspecified atom stereocenters. The minimum atomic E-state index is -0.993. The van der Waals surface area contributed by atoms with E-state index in [1.54, 1.807) is 11.8 Å². The predicted molar refractivity (Wildman–Crippen MR) is 49.5 cm³/mol. The van der Waals surface area contributed by atoms with Gasteiger partial charge in [-0.25, -0.2) is 0 Å². The average Bonchev–Trinajstić information content (AvgIpc) is 2.19. The highest BCUT2D eigenvalue weighted by Gasteiger charge is 2.25. The van der Waals surface area contributed by atoms with Gasteiger partial charge in [-0.3, -0.25) is 9.59 Å². The Morgan fingerprint density at radius 3 is 3.08 bits per heavy atom. The first-order valence-electron chi connectivity index (χ1n) is 3.95. The summed E-state index contributed by atoms with van der Waals surface area (Å²) in [5.41, 5.74) is 5.54. The van der Waals surface area contributed by atoms with Crippen LogP contribution in [0, 0.1) is 0 Å². The summed E-state index contributed by atoms with van der Waals surface area (Å²) in [7, 11) is 0. The third-order valence-corrected chi connectivity index (χ3v) is 2.82. The molecule has 1 fully saturated rings. The first kappa shape index (κ1) is 10.3. The highest BCUT2D eigenvalue weighted by Crippen LogP contribution is 2.10. The van der Waals surface area contributed by atoms with Crippen molar-refractivity contribution in [3.05, 3.63) is 0 Å². The maximum Gasteiger partial charge on any atom is 0.323 e. The number of hydrogen-bond donors (Lipinski definition) is 2. The van der Waals surface area contributed by atoms with Crippen molar-refractivity contribution in [2.24, 2.45) is 5.73 Å². The molecule has 13 heavy (non-hydrogen) atoms. The van der Waals surface area contributed by atoms with Crippen molar-refractivity contribution in [1.82, 2.24) is 4.90 Å². The number of carboxylic acids is 1. The van der Waals surface area contributed by atoms with E-state index in [-0.39, 0.29) is 12.5 Å². The first-order valence-corrected chi connectivity index (χ1v) is 5.10. The van der Waals surface area contributed by atoms with E-state index >= 15 is 0 Å². The molecule has 5 nitrogen and oxygen atoms in total. The van der Waals surface area contributed by atoms with Crippen LogP contribution < -0.4 is 5.73 Å². The molecule has 0 radical (unpaired) electrons. The van der Waals surface area contributed by atoms with Gasteiger partial charge in [0.05, 0.1) is 6.04 Å². The van der Waals surface area contributed by atoms with Crippen LogP contribution in [-0.2, 0) is 9.59 Å². The number of rotatable bonds is 2. The van der Waals surface area contributed by atoms with Gasteiger partial charge in [0.1, 0.15) is 6.54 Å². The Kier molecular flexibility index (Phi) is 3.56. The molecule has 0 aromatic carbocycles. The summed E-state index contributed by atoms with van der Waals surface area (Å²) < 4.78 is 0. The fourth-order valence-corrected chi connectivity index (χ4v) is 2.03. The van der Waals surface area contributed by atoms with Crippen LogP contribution in [0.25, 0.3) is 0 Å². The smallest absolute Gasteiger partial charge is 0.323 e. The molecule has 1 aliphatic rings. The molecule has 0 aliphatic carbocycles. The van der Waals surface area contributed by atoms with E-state index in [1.807, 2.05) is 0 Å². The standard InChI is InChI=1S/C7H12N2O3S/c8-5-4-13-2-1-9(7(5)12)3-6(10)11/h5H,1-4,8H2,(H,10,11)/t5-/m0/s1. The molecule has 0 aromatic rings. The summed E-state index contributed by atoms with van der Waals surface area (Å²) in [5, 5.41) is 8.52. The maximum absolute atomic E-state index is 11.4. The lowest BCUT2D eigenvalue weighted by Gasteiger charge is -2.19. The molecule has 1 aliphatic heterocycles. The van der Waals surface area contributed by atoms with Crippen LogP contribution in [0.2, 0.25) is 0 Å². The van der Waals surface area contributed by atoms with E-state index in [4.69, 9.17) is 10.8 Å². The Labute approximate surface area is 80.3 Å². The molecule has 1 amide bonds. The van der Waals surface area contributed by atoms with E-state index in [2.05, 4.69) is 0 Å². The molecule has 0 aromatic heterocycles. The third kappa shape index (κ3) is 2.89. The second-order valence-electron chi connectivity index (χ2n) is 2.83. The van der Waals surface area contributed by atoms with Gasteiger partial charge in [0.25, 0.3) is 0 Å². The molecule has 6 heteroatoms. The quantitative estimate of drug-likeness (QED) is 0.601. The van der Waals surface area contributed by atoms with E-state index in [9.17, 15) is 9.59 Å². The second kappa shape index (κ2) is 4.48. The summed E-state index contributed by atoms with van der Waals surface area (Å²) >= 11 is 1.58. The number of carbonyl (C=O) groups is 2. The van der Waals surface area contributed by atoms with Gasteiger partial charge in [0, 0.05) is 18.1 Å². The Balaban J connectivity index is 2.59. The van der Waals surface area contributed by atoms with Crippen LogP contribution in [-0.4, -0.2) is 52.5 Å². The van der Waals surface area contributed by atoms with Gasteiger partial charge in [-0.1, -0.05) is 0 Å². The summed E-state index contributed by atoms with van der Waals surface area (Å²) in [6.45, 7) is 0.233.